The Morgan fingerprint density at radius 2 is 0.773 bits per heavy atom. The number of rotatable bonds is 45. The summed E-state index contributed by atoms with van der Waals surface area (Å²) in [4.78, 5) is 85.9. The number of ether oxygens (including phenoxy) is 10. The molecule has 28 nitrogen and oxygen atoms in total. The number of hydrogen-bond donors (Lipinski definition) is 0. The van der Waals surface area contributed by atoms with Crippen LogP contribution in [0.1, 0.15) is 269 Å². The standard InChI is InChI=1S/C47H75N7O7Si2.C43H68BrN7O6Si2.C4H7O.3C4H9.CH4.Sn/c1-15-59-32(2)40-41(34-26-36-19-20-37(27-34)52(36)44(55)60-46(3,4)5)50-42-38(33-16-21-39(48-28-33)53(35-17-18-35)45(56)61-47(6,7)8)29-49-54(42)43(40)51(30-57-22-24-62(9,10)11)31-58-23-25-63(12,13)14;1-42(2,3)56-40(52)49-32-16-17-33(49)24-30(23-32)37-36(44)39(48(27-54-19-21-58(7,8)9)28-55-20-22-59(10,11)12)51-38(47-37)34(26-46-51)29-13-18-35(45-25-29)50(31-14-15-31)41(53)57-43(4,5)6;1-3-5-4-2;3*1-3-4-2;;/h16,21,28-29,34-37H,2,15,17-20,22-27,30-31H2,1,3-14H3;13,18,25-26,30-33H,14-17,19-24,27-28H2,1-12H3;1,4H2,2H3;3*1,3-4H2,2H3;1H4;/t34?,36-,37+;30?,32-,33+;;;;;;. The Morgan fingerprint density at radius 1 is 0.447 bits per heavy atom. The topological polar surface area (TPSA) is 266 Å². The zero-order chi connectivity index (χ0) is 103. The van der Waals surface area contributed by atoms with Crippen molar-refractivity contribution >= 4 is 131 Å². The second-order valence-corrected chi connectivity index (χ2v) is 85.0. The van der Waals surface area contributed by atoms with Crippen molar-refractivity contribution < 1.29 is 66.5 Å². The minimum atomic E-state index is -2.24. The summed E-state index contributed by atoms with van der Waals surface area (Å²) in [7, 11) is -5.41. The molecule has 6 aliphatic rings. The van der Waals surface area contributed by atoms with Gasteiger partial charge in [-0.25, -0.2) is 39.1 Å². The average molecular weight is 2200 g/mol. The van der Waals surface area contributed by atoms with Crippen LogP contribution in [-0.2, 0) is 47.4 Å². The summed E-state index contributed by atoms with van der Waals surface area (Å²) in [6, 6.07) is 12.1. The van der Waals surface area contributed by atoms with Gasteiger partial charge in [-0.3, -0.25) is 9.80 Å². The van der Waals surface area contributed by atoms with E-state index in [4.69, 9.17) is 77.5 Å². The van der Waals surface area contributed by atoms with Gasteiger partial charge in [0.15, 0.2) is 17.1 Å². The second-order valence-electron chi connectivity index (χ2n) is 48.5. The Morgan fingerprint density at radius 3 is 1.08 bits per heavy atom. The molecular weight excluding hydrogens is 2020 g/mol. The number of pyridine rings is 2. The molecule has 2 saturated carbocycles. The quantitative estimate of drug-likeness (QED) is 0.0113. The van der Waals surface area contributed by atoms with E-state index in [-0.39, 0.29) is 87.3 Å². The van der Waals surface area contributed by atoms with Gasteiger partial charge in [0.1, 0.15) is 72.5 Å². The van der Waals surface area contributed by atoms with Crippen molar-refractivity contribution in [2.24, 2.45) is 0 Å². The first-order chi connectivity index (χ1) is 65.6. The first-order valence-corrected chi connectivity index (χ1v) is 75.6. The number of carbonyl (C=O) groups excluding carboxylic acids is 4. The summed E-state index contributed by atoms with van der Waals surface area (Å²) in [5.74, 6) is 3.20. The van der Waals surface area contributed by atoms with Gasteiger partial charge in [0.2, 0.25) is 0 Å². The third kappa shape index (κ3) is 34.4. The normalized spacial score (nSPS) is 18.5. The number of fused-ring (bicyclic) bond motifs is 6. The minimum absolute atomic E-state index is 0. The number of anilines is 4. The van der Waals surface area contributed by atoms with Gasteiger partial charge in [-0.15, -0.1) is 0 Å². The third-order valence-corrected chi connectivity index (χ3v) is 49.0. The number of carbonyl (C=O) groups is 4. The molecular formula is C107H181BrN14O14Si4Sn. The fraction of sp³-hybridized carbons (Fsp3) is 0.720. The van der Waals surface area contributed by atoms with E-state index < -0.39 is 79.2 Å². The molecule has 6 aromatic rings. The molecule has 6 aromatic heterocycles. The van der Waals surface area contributed by atoms with Crippen LogP contribution >= 0.6 is 15.9 Å². The number of unbranched alkanes of at least 4 members (excludes halogenated alkanes) is 3. The van der Waals surface area contributed by atoms with Gasteiger partial charge in [0.05, 0.1) is 40.4 Å². The largest absolute Gasteiger partial charge is 0.444 e. The molecule has 0 radical (unpaired) electrons. The Labute approximate surface area is 863 Å². The molecule has 6 atom stereocenters. The fourth-order valence-electron chi connectivity index (χ4n) is 18.8. The number of nitrogens with zero attached hydrogens (tertiary/aromatic N) is 14. The smallest absolute Gasteiger partial charge is 0.416 e. The maximum Gasteiger partial charge on any atom is 0.416 e. The molecule has 12 rings (SSSR count). The van der Waals surface area contributed by atoms with Crippen molar-refractivity contribution in [2.45, 2.75) is 427 Å². The molecule has 2 aliphatic carbocycles. The molecule has 10 heterocycles. The molecule has 4 amide bonds. The SMILES string of the molecule is C.C=C(OCC)c1c(C2C[C@H]3CC[C@@H](C2)N3C(=O)OC(C)(C)C)nc2c(-c3ccc(N(C(=O)OC(C)(C)C)C4CC4)nc3)cnn2c1N(COCC[Si](C)(C)C)COCC[Si](C)(C)C.C=[C](OCC)[Sn]([CH2]CCC)([CH2]CCC)[CH2]CCC.CC(C)(C)OC(=O)N(c1ccc(-c2cnn3c(N(COCC[Si](C)(C)C)COCC[Si](C)(C)C)c(Br)c(C4C[C@H]5CC[C@@H](C4)N5C(=O)OC(C)(C)C)nc23)cn1)C1CC1. The maximum atomic E-state index is 13.6. The van der Waals surface area contributed by atoms with Crippen LogP contribution in [0.4, 0.5) is 42.4 Å². The zero-order valence-electron chi connectivity index (χ0n) is 91.3. The Bertz CT molecular complexity index is 4970. The Balaban J connectivity index is 0.000000267. The van der Waals surface area contributed by atoms with Crippen LogP contribution in [0.15, 0.2) is 70.5 Å². The monoisotopic (exact) mass is 2200 g/mol. The van der Waals surface area contributed by atoms with Crippen LogP contribution in [0.2, 0.25) is 116 Å². The van der Waals surface area contributed by atoms with Crippen LogP contribution in [-0.4, -0.2) is 249 Å². The molecule has 2 unspecified atom stereocenters. The van der Waals surface area contributed by atoms with Gasteiger partial charge >= 0.3 is 144 Å². The van der Waals surface area contributed by atoms with E-state index in [1.54, 1.807) is 22.2 Å². The van der Waals surface area contributed by atoms with Crippen molar-refractivity contribution in [1.29, 1.82) is 0 Å². The number of amides is 4. The van der Waals surface area contributed by atoms with Gasteiger partial charge in [0.25, 0.3) is 0 Å². The first-order valence-electron chi connectivity index (χ1n) is 52.5. The number of aromatic nitrogens is 8. The van der Waals surface area contributed by atoms with Gasteiger partial charge in [-0.2, -0.15) is 19.2 Å². The summed E-state index contributed by atoms with van der Waals surface area (Å²) in [6.07, 6.45) is 24.4. The number of halogens is 1. The van der Waals surface area contributed by atoms with E-state index in [0.717, 1.165) is 150 Å². The van der Waals surface area contributed by atoms with E-state index >= 15 is 0 Å². The minimum Gasteiger partial charge on any atom is -0.444 e. The average Bonchev–Trinajstić information content (AvgIpc) is 1.70. The van der Waals surface area contributed by atoms with Crippen molar-refractivity contribution in [2.75, 3.05) is 86.2 Å². The van der Waals surface area contributed by atoms with Crippen LogP contribution in [0.5, 0.6) is 0 Å². The van der Waals surface area contributed by atoms with Crippen LogP contribution in [0.25, 0.3) is 39.3 Å². The van der Waals surface area contributed by atoms with Gasteiger partial charge in [-0.05, 0) is 231 Å². The van der Waals surface area contributed by atoms with Crippen molar-refractivity contribution in [3.05, 3.63) is 87.4 Å². The van der Waals surface area contributed by atoms with Crippen LogP contribution in [0.3, 0.4) is 0 Å². The summed E-state index contributed by atoms with van der Waals surface area (Å²) in [6.45, 7) is 75.8. The fourth-order valence-corrected chi connectivity index (χ4v) is 37.3. The van der Waals surface area contributed by atoms with Gasteiger partial charge < -0.3 is 62.2 Å². The first kappa shape index (κ1) is 118. The van der Waals surface area contributed by atoms with E-state index in [0.29, 0.717) is 88.0 Å². The number of piperidine rings is 2. The summed E-state index contributed by atoms with van der Waals surface area (Å²) >= 11 is 1.84. The molecule has 141 heavy (non-hydrogen) atoms. The van der Waals surface area contributed by atoms with Crippen molar-refractivity contribution in [3.63, 3.8) is 0 Å². The molecule has 790 valence electrons. The zero-order valence-corrected chi connectivity index (χ0v) is 99.7. The molecule has 0 aromatic carbocycles. The van der Waals surface area contributed by atoms with Crippen molar-refractivity contribution in [1.82, 2.24) is 49.0 Å². The third-order valence-electron chi connectivity index (χ3n) is 26.4. The molecule has 0 spiro atoms. The van der Waals surface area contributed by atoms with Crippen molar-refractivity contribution in [3.8, 4) is 22.3 Å². The van der Waals surface area contributed by atoms with E-state index in [1.165, 1.54) is 55.6 Å². The van der Waals surface area contributed by atoms with Gasteiger partial charge in [0, 0.05) is 141 Å². The van der Waals surface area contributed by atoms with E-state index in [9.17, 15) is 19.2 Å². The van der Waals surface area contributed by atoms with E-state index in [1.807, 2.05) is 145 Å². The van der Waals surface area contributed by atoms with Gasteiger partial charge in [-0.1, -0.05) is 92.6 Å². The summed E-state index contributed by atoms with van der Waals surface area (Å²) in [5, 5.41) is 10.0. The van der Waals surface area contributed by atoms with Crippen LogP contribution < -0.4 is 19.6 Å². The predicted octanol–water partition coefficient (Wildman–Crippen LogP) is 27.9. The summed E-state index contributed by atoms with van der Waals surface area (Å²) < 4.78 is 71.8. The van der Waals surface area contributed by atoms with Crippen LogP contribution in [0, 0.1) is 0 Å². The molecule has 4 aliphatic heterocycles. The summed E-state index contributed by atoms with van der Waals surface area (Å²) in [5.41, 5.74) is 4.72. The predicted molar refractivity (Wildman–Crippen MR) is 591 cm³/mol. The number of hydrogen-bond acceptors (Lipinski definition) is 22. The molecule has 34 heteroatoms. The molecule has 6 fully saturated rings. The Kier molecular flexibility index (Phi) is 42.5. The molecule has 0 N–H and O–H groups in total. The second kappa shape index (κ2) is 50.8. The van der Waals surface area contributed by atoms with E-state index in [2.05, 4.69) is 145 Å². The Hall–Kier alpha value is -6.71. The molecule has 4 bridgehead atoms. The maximum absolute atomic E-state index is 13.6. The molecule has 4 saturated heterocycles.